The van der Waals surface area contributed by atoms with Crippen LogP contribution in [0.2, 0.25) is 0 Å². The predicted octanol–water partition coefficient (Wildman–Crippen LogP) is 7.23. The van der Waals surface area contributed by atoms with Crippen LogP contribution in [0.15, 0.2) is 67.1 Å². The highest BCUT2D eigenvalue weighted by atomic mass is 19.4. The predicted molar refractivity (Wildman–Crippen MR) is 143 cm³/mol. The van der Waals surface area contributed by atoms with Crippen LogP contribution in [0, 0.1) is 5.92 Å². The lowest BCUT2D eigenvalue weighted by atomic mass is 9.86. The van der Waals surface area contributed by atoms with Crippen LogP contribution in [0.1, 0.15) is 44.6 Å². The number of rotatable bonds is 8. The normalized spacial score (nSPS) is 15.7. The summed E-state index contributed by atoms with van der Waals surface area (Å²) in [4.78, 5) is 7.07. The Bertz CT molecular complexity index is 1360. The van der Waals surface area contributed by atoms with Crippen molar-refractivity contribution in [3.63, 3.8) is 0 Å². The minimum Gasteiger partial charge on any atom is -0.492 e. The van der Waals surface area contributed by atoms with E-state index in [2.05, 4.69) is 15.0 Å². The molecule has 1 aliphatic rings. The number of alkyl halides is 3. The summed E-state index contributed by atoms with van der Waals surface area (Å²) >= 11 is 0. The molecule has 4 aromatic rings. The molecule has 0 bridgehead atoms. The van der Waals surface area contributed by atoms with Crippen molar-refractivity contribution >= 4 is 5.65 Å². The highest BCUT2D eigenvalue weighted by Crippen LogP contribution is 2.41. The Labute approximate surface area is 221 Å². The largest absolute Gasteiger partial charge is 0.492 e. The molecule has 1 unspecified atom stereocenters. The number of benzene rings is 2. The van der Waals surface area contributed by atoms with Gasteiger partial charge in [-0.05, 0) is 60.7 Å². The summed E-state index contributed by atoms with van der Waals surface area (Å²) in [6.45, 7) is 7.12. The third-order valence-electron chi connectivity index (χ3n) is 7.25. The van der Waals surface area contributed by atoms with Gasteiger partial charge in [-0.25, -0.2) is 9.50 Å². The topological polar surface area (TPSA) is 42.7 Å². The molecule has 3 heterocycles. The summed E-state index contributed by atoms with van der Waals surface area (Å²) in [6, 6.07) is 14.5. The first-order valence-electron chi connectivity index (χ1n) is 13.3. The van der Waals surface area contributed by atoms with E-state index >= 15 is 0 Å². The highest BCUT2D eigenvalue weighted by molar-refractivity contribution is 5.78. The van der Waals surface area contributed by atoms with Crippen LogP contribution in [0.25, 0.3) is 27.9 Å². The van der Waals surface area contributed by atoms with Crippen LogP contribution in [-0.2, 0) is 0 Å². The lowest BCUT2D eigenvalue weighted by Crippen LogP contribution is -2.33. The van der Waals surface area contributed by atoms with Gasteiger partial charge in [0.2, 0.25) is 0 Å². The summed E-state index contributed by atoms with van der Waals surface area (Å²) in [7, 11) is 0. The summed E-state index contributed by atoms with van der Waals surface area (Å²) in [5.74, 6) is -1.26. The number of hydrogen-bond donors (Lipinski definition) is 0. The maximum absolute atomic E-state index is 13.7. The van der Waals surface area contributed by atoms with E-state index in [0.717, 1.165) is 36.5 Å². The summed E-state index contributed by atoms with van der Waals surface area (Å²) in [5, 5.41) is 4.44. The van der Waals surface area contributed by atoms with E-state index in [1.165, 1.54) is 19.3 Å². The van der Waals surface area contributed by atoms with Crippen molar-refractivity contribution in [2.24, 2.45) is 5.92 Å². The third kappa shape index (κ3) is 5.85. The van der Waals surface area contributed by atoms with Gasteiger partial charge in [0.15, 0.2) is 5.65 Å². The zero-order valence-corrected chi connectivity index (χ0v) is 21.8. The molecule has 5 nitrogen and oxygen atoms in total. The molecule has 2 aromatic heterocycles. The minimum absolute atomic E-state index is 0.249. The highest BCUT2D eigenvalue weighted by Gasteiger charge is 2.42. The maximum Gasteiger partial charge on any atom is 0.395 e. The lowest BCUT2D eigenvalue weighted by Gasteiger charge is -2.26. The van der Waals surface area contributed by atoms with E-state index in [1.54, 1.807) is 55.0 Å². The molecule has 1 fully saturated rings. The number of fused-ring (bicyclic) bond motifs is 1. The molecule has 200 valence electrons. The molecule has 38 heavy (non-hydrogen) atoms. The summed E-state index contributed by atoms with van der Waals surface area (Å²) in [6.07, 6.45) is 4.87. The van der Waals surface area contributed by atoms with E-state index in [0.29, 0.717) is 23.4 Å². The standard InChI is InChI=1S/C30H33F3N4O/c1-21(2)28(30(31,32)33)24-8-6-7-23(17-24)27-19-35-37-20-25(18-34-29(27)37)22-9-11-26(12-10-22)38-16-15-36-13-4-3-5-14-36/h6-12,17-21,28H,3-5,13-16H2,1-2H3. The zero-order valence-electron chi connectivity index (χ0n) is 21.8. The van der Waals surface area contributed by atoms with Crippen LogP contribution < -0.4 is 4.74 Å². The molecule has 1 aliphatic heterocycles. The molecular weight excluding hydrogens is 489 g/mol. The molecule has 2 aromatic carbocycles. The molecule has 0 N–H and O–H groups in total. The van der Waals surface area contributed by atoms with E-state index in [4.69, 9.17) is 4.74 Å². The third-order valence-corrected chi connectivity index (χ3v) is 7.25. The second-order valence-corrected chi connectivity index (χ2v) is 10.3. The first kappa shape index (κ1) is 26.2. The van der Waals surface area contributed by atoms with Crippen LogP contribution in [0.5, 0.6) is 5.75 Å². The molecule has 0 radical (unpaired) electrons. The van der Waals surface area contributed by atoms with Gasteiger partial charge in [0, 0.05) is 30.1 Å². The van der Waals surface area contributed by atoms with Crippen LogP contribution in [-0.4, -0.2) is 51.9 Å². The number of piperidine rings is 1. The number of halogens is 3. The van der Waals surface area contributed by atoms with E-state index < -0.39 is 18.0 Å². The van der Waals surface area contributed by atoms with Gasteiger partial charge in [0.25, 0.3) is 0 Å². The van der Waals surface area contributed by atoms with Crippen molar-refractivity contribution in [3.8, 4) is 28.0 Å². The Kier molecular flexibility index (Phi) is 7.70. The Morgan fingerprint density at radius 3 is 2.39 bits per heavy atom. The Morgan fingerprint density at radius 2 is 1.68 bits per heavy atom. The Morgan fingerprint density at radius 1 is 0.921 bits per heavy atom. The van der Waals surface area contributed by atoms with Crippen LogP contribution >= 0.6 is 0 Å². The quantitative estimate of drug-likeness (QED) is 0.245. The molecule has 1 atom stereocenters. The second kappa shape index (κ2) is 11.2. The molecule has 0 saturated carbocycles. The van der Waals surface area contributed by atoms with Crippen LogP contribution in [0.4, 0.5) is 13.2 Å². The smallest absolute Gasteiger partial charge is 0.395 e. The fourth-order valence-electron chi connectivity index (χ4n) is 5.30. The molecule has 0 aliphatic carbocycles. The minimum atomic E-state index is -4.31. The SMILES string of the molecule is CC(C)C(c1cccc(-c2cnn3cc(-c4ccc(OCCN5CCCCC5)cc4)cnc23)c1)C(F)(F)F. The van der Waals surface area contributed by atoms with Crippen molar-refractivity contribution in [3.05, 3.63) is 72.7 Å². The van der Waals surface area contributed by atoms with E-state index in [9.17, 15) is 13.2 Å². The van der Waals surface area contributed by atoms with E-state index in [1.807, 2.05) is 30.5 Å². The number of nitrogens with zero attached hydrogens (tertiary/aromatic N) is 4. The van der Waals surface area contributed by atoms with Gasteiger partial charge in [-0.15, -0.1) is 0 Å². The van der Waals surface area contributed by atoms with Gasteiger partial charge in [-0.3, -0.25) is 4.90 Å². The molecule has 5 rings (SSSR count). The van der Waals surface area contributed by atoms with Crippen molar-refractivity contribution < 1.29 is 17.9 Å². The first-order chi connectivity index (χ1) is 18.3. The van der Waals surface area contributed by atoms with Crippen LogP contribution in [0.3, 0.4) is 0 Å². The number of aromatic nitrogens is 3. The van der Waals surface area contributed by atoms with Gasteiger partial charge in [0.05, 0.1) is 12.1 Å². The maximum atomic E-state index is 13.7. The Hall–Kier alpha value is -3.39. The van der Waals surface area contributed by atoms with Gasteiger partial charge in [-0.2, -0.15) is 18.3 Å². The fraction of sp³-hybridized carbons (Fsp3) is 0.400. The molecule has 1 saturated heterocycles. The van der Waals surface area contributed by atoms with Gasteiger partial charge in [0.1, 0.15) is 12.4 Å². The summed E-state index contributed by atoms with van der Waals surface area (Å²) in [5.41, 5.74) is 4.07. The number of ether oxygens (including phenoxy) is 1. The average Bonchev–Trinajstić information content (AvgIpc) is 3.32. The average molecular weight is 523 g/mol. The zero-order chi connectivity index (χ0) is 26.7. The Balaban J connectivity index is 1.31. The monoisotopic (exact) mass is 522 g/mol. The van der Waals surface area contributed by atoms with Crippen molar-refractivity contribution in [2.75, 3.05) is 26.2 Å². The van der Waals surface area contributed by atoms with Gasteiger partial charge >= 0.3 is 6.18 Å². The molecular formula is C30H33F3N4O. The molecule has 8 heteroatoms. The number of likely N-dealkylation sites (tertiary alicyclic amines) is 1. The van der Waals surface area contributed by atoms with Crippen molar-refractivity contribution in [1.82, 2.24) is 19.5 Å². The fourth-order valence-corrected chi connectivity index (χ4v) is 5.30. The van der Waals surface area contributed by atoms with Gasteiger partial charge < -0.3 is 4.74 Å². The van der Waals surface area contributed by atoms with E-state index in [-0.39, 0.29) is 5.56 Å². The van der Waals surface area contributed by atoms with Crippen molar-refractivity contribution in [2.45, 2.75) is 45.2 Å². The second-order valence-electron chi connectivity index (χ2n) is 10.3. The first-order valence-corrected chi connectivity index (χ1v) is 13.3. The molecule has 0 spiro atoms. The summed E-state index contributed by atoms with van der Waals surface area (Å²) < 4.78 is 48.8. The van der Waals surface area contributed by atoms with Crippen molar-refractivity contribution in [1.29, 1.82) is 0 Å². The molecule has 0 amide bonds. The van der Waals surface area contributed by atoms with Gasteiger partial charge in [-0.1, -0.05) is 56.7 Å². The lowest BCUT2D eigenvalue weighted by molar-refractivity contribution is -0.159. The number of hydrogen-bond acceptors (Lipinski definition) is 4.